The fourth-order valence-corrected chi connectivity index (χ4v) is 3.00. The van der Waals surface area contributed by atoms with Crippen LogP contribution in [-0.2, 0) is 11.0 Å². The normalized spacial score (nSPS) is 11.3. The predicted molar refractivity (Wildman–Crippen MR) is 95.1 cm³/mol. The number of hydrogen-bond donors (Lipinski definition) is 1. The van der Waals surface area contributed by atoms with Gasteiger partial charge in [0, 0.05) is 41.5 Å². The molecule has 0 unspecified atom stereocenters. The smallest absolute Gasteiger partial charge is 0.326 e. The highest BCUT2D eigenvalue weighted by Gasteiger charge is 2.34. The molecule has 0 radical (unpaired) electrons. The van der Waals surface area contributed by atoms with Gasteiger partial charge < -0.3 is 5.32 Å². The van der Waals surface area contributed by atoms with Crippen molar-refractivity contribution in [2.24, 2.45) is 0 Å². The number of aromatic nitrogens is 3. The van der Waals surface area contributed by atoms with Crippen LogP contribution in [0.15, 0.2) is 64.8 Å². The van der Waals surface area contributed by atoms with Crippen molar-refractivity contribution in [3.8, 4) is 11.4 Å². The minimum Gasteiger partial charge on any atom is -0.326 e. The molecule has 0 saturated carbocycles. The second kappa shape index (κ2) is 7.75. The highest BCUT2D eigenvalue weighted by atomic mass is 32.2. The summed E-state index contributed by atoms with van der Waals surface area (Å²) in [4.78, 5) is 23.5. The summed E-state index contributed by atoms with van der Waals surface area (Å²) in [5, 5.41) is 2.79. The maximum atomic E-state index is 13.2. The van der Waals surface area contributed by atoms with E-state index in [4.69, 9.17) is 0 Å². The van der Waals surface area contributed by atoms with Crippen LogP contribution in [0.1, 0.15) is 12.6 Å². The third-order valence-electron chi connectivity index (χ3n) is 3.33. The number of rotatable bonds is 4. The van der Waals surface area contributed by atoms with Crippen molar-refractivity contribution in [1.29, 1.82) is 0 Å². The SMILES string of the molecule is CC(=O)Nc1ccc(Sc2cc(C(F)(F)F)nc(-c3ccncc3)n2)cc1. The largest absolute Gasteiger partial charge is 0.433 e. The molecule has 0 saturated heterocycles. The molecule has 27 heavy (non-hydrogen) atoms. The van der Waals surface area contributed by atoms with Crippen molar-refractivity contribution in [3.63, 3.8) is 0 Å². The van der Waals surface area contributed by atoms with Crippen molar-refractivity contribution in [2.75, 3.05) is 5.32 Å². The van der Waals surface area contributed by atoms with E-state index in [1.165, 1.54) is 19.3 Å². The average Bonchev–Trinajstić information content (AvgIpc) is 2.63. The Morgan fingerprint density at radius 3 is 2.30 bits per heavy atom. The molecule has 3 rings (SSSR count). The van der Waals surface area contributed by atoms with E-state index >= 15 is 0 Å². The summed E-state index contributed by atoms with van der Waals surface area (Å²) < 4.78 is 39.7. The monoisotopic (exact) mass is 390 g/mol. The number of benzene rings is 1. The first-order valence-corrected chi connectivity index (χ1v) is 8.55. The number of carbonyl (C=O) groups is 1. The third kappa shape index (κ3) is 5.04. The molecular weight excluding hydrogens is 377 g/mol. The summed E-state index contributed by atoms with van der Waals surface area (Å²) in [5.41, 5.74) is 0.0311. The van der Waals surface area contributed by atoms with E-state index in [9.17, 15) is 18.0 Å². The topological polar surface area (TPSA) is 67.8 Å². The molecule has 0 bridgehead atoms. The molecule has 2 aromatic heterocycles. The molecule has 1 N–H and O–H groups in total. The van der Waals surface area contributed by atoms with Gasteiger partial charge in [0.15, 0.2) is 5.82 Å². The lowest BCUT2D eigenvalue weighted by atomic mass is 10.2. The van der Waals surface area contributed by atoms with Crippen LogP contribution in [0.5, 0.6) is 0 Å². The van der Waals surface area contributed by atoms with Crippen LogP contribution in [0.25, 0.3) is 11.4 Å². The minimum atomic E-state index is -4.59. The third-order valence-corrected chi connectivity index (χ3v) is 4.25. The molecule has 0 fully saturated rings. The lowest BCUT2D eigenvalue weighted by molar-refractivity contribution is -0.141. The molecule has 1 aromatic carbocycles. The number of pyridine rings is 1. The summed E-state index contributed by atoms with van der Waals surface area (Å²) in [6.07, 6.45) is -1.66. The van der Waals surface area contributed by atoms with E-state index in [0.717, 1.165) is 17.8 Å². The molecule has 0 aliphatic heterocycles. The van der Waals surface area contributed by atoms with Gasteiger partial charge in [-0.2, -0.15) is 13.2 Å². The summed E-state index contributed by atoms with van der Waals surface area (Å²) in [6.45, 7) is 1.39. The van der Waals surface area contributed by atoms with Gasteiger partial charge in [0.1, 0.15) is 10.7 Å². The molecule has 3 aromatic rings. The van der Waals surface area contributed by atoms with Gasteiger partial charge in [-0.3, -0.25) is 9.78 Å². The van der Waals surface area contributed by atoms with Crippen LogP contribution in [0, 0.1) is 0 Å². The first-order valence-electron chi connectivity index (χ1n) is 7.73. The number of nitrogens with zero attached hydrogens (tertiary/aromatic N) is 3. The summed E-state index contributed by atoms with van der Waals surface area (Å²) in [7, 11) is 0. The van der Waals surface area contributed by atoms with E-state index in [2.05, 4.69) is 20.3 Å². The Kier molecular flexibility index (Phi) is 5.41. The lowest BCUT2D eigenvalue weighted by Crippen LogP contribution is -2.10. The molecular formula is C18H13F3N4OS. The Bertz CT molecular complexity index is 947. The number of carbonyl (C=O) groups excluding carboxylic acids is 1. The van der Waals surface area contributed by atoms with E-state index in [1.807, 2.05) is 0 Å². The zero-order chi connectivity index (χ0) is 19.4. The van der Waals surface area contributed by atoms with Crippen LogP contribution in [0.4, 0.5) is 18.9 Å². The van der Waals surface area contributed by atoms with E-state index < -0.39 is 11.9 Å². The predicted octanol–water partition coefficient (Wildman–Crippen LogP) is 4.67. The number of halogens is 3. The van der Waals surface area contributed by atoms with E-state index in [-0.39, 0.29) is 16.8 Å². The number of hydrogen-bond acceptors (Lipinski definition) is 5. The van der Waals surface area contributed by atoms with Crippen LogP contribution < -0.4 is 5.32 Å². The molecule has 1 amide bonds. The fraction of sp³-hybridized carbons (Fsp3) is 0.111. The fourth-order valence-electron chi connectivity index (χ4n) is 2.18. The average molecular weight is 390 g/mol. The molecule has 0 spiro atoms. The van der Waals surface area contributed by atoms with Gasteiger partial charge in [0.2, 0.25) is 5.91 Å². The minimum absolute atomic E-state index is 0.0235. The molecule has 0 atom stereocenters. The Morgan fingerprint density at radius 1 is 1.04 bits per heavy atom. The van der Waals surface area contributed by atoms with Crippen molar-refractivity contribution < 1.29 is 18.0 Å². The highest BCUT2D eigenvalue weighted by Crippen LogP contribution is 2.34. The van der Waals surface area contributed by atoms with Gasteiger partial charge in [-0.1, -0.05) is 11.8 Å². The summed E-state index contributed by atoms with van der Waals surface area (Å²) in [6, 6.07) is 10.7. The van der Waals surface area contributed by atoms with Crippen molar-refractivity contribution in [1.82, 2.24) is 15.0 Å². The molecule has 2 heterocycles. The summed E-state index contributed by atoms with van der Waals surface area (Å²) in [5.74, 6) is -0.229. The number of anilines is 1. The van der Waals surface area contributed by atoms with Gasteiger partial charge in [-0.25, -0.2) is 9.97 Å². The van der Waals surface area contributed by atoms with Gasteiger partial charge in [-0.05, 0) is 36.4 Å². The van der Waals surface area contributed by atoms with Crippen molar-refractivity contribution in [3.05, 3.63) is 60.6 Å². The van der Waals surface area contributed by atoms with E-state index in [0.29, 0.717) is 16.1 Å². The number of alkyl halides is 3. The number of amides is 1. The highest BCUT2D eigenvalue weighted by molar-refractivity contribution is 7.99. The van der Waals surface area contributed by atoms with Gasteiger partial charge in [0.05, 0.1) is 0 Å². The molecule has 9 heteroatoms. The second-order valence-corrected chi connectivity index (χ2v) is 6.55. The van der Waals surface area contributed by atoms with Crippen LogP contribution in [-0.4, -0.2) is 20.9 Å². The zero-order valence-corrected chi connectivity index (χ0v) is 14.8. The first kappa shape index (κ1) is 18.8. The Hall–Kier alpha value is -2.94. The zero-order valence-electron chi connectivity index (χ0n) is 14.0. The Balaban J connectivity index is 1.93. The molecule has 138 valence electrons. The second-order valence-electron chi connectivity index (χ2n) is 5.46. The van der Waals surface area contributed by atoms with E-state index in [1.54, 1.807) is 36.4 Å². The van der Waals surface area contributed by atoms with Crippen LogP contribution in [0.3, 0.4) is 0 Å². The molecule has 0 aliphatic rings. The summed E-state index contributed by atoms with van der Waals surface area (Å²) >= 11 is 1.07. The van der Waals surface area contributed by atoms with Crippen LogP contribution in [0.2, 0.25) is 0 Å². The van der Waals surface area contributed by atoms with Gasteiger partial charge in [0.25, 0.3) is 0 Å². The number of nitrogens with one attached hydrogen (secondary N) is 1. The van der Waals surface area contributed by atoms with Crippen molar-refractivity contribution >= 4 is 23.4 Å². The molecule has 5 nitrogen and oxygen atoms in total. The van der Waals surface area contributed by atoms with Crippen molar-refractivity contribution in [2.45, 2.75) is 23.0 Å². The first-order chi connectivity index (χ1) is 12.8. The maximum Gasteiger partial charge on any atom is 0.433 e. The van der Waals surface area contributed by atoms with Gasteiger partial charge in [-0.15, -0.1) is 0 Å². The van der Waals surface area contributed by atoms with Crippen LogP contribution >= 0.6 is 11.8 Å². The van der Waals surface area contributed by atoms with Gasteiger partial charge >= 0.3 is 6.18 Å². The lowest BCUT2D eigenvalue weighted by Gasteiger charge is -2.10. The Labute approximate surface area is 157 Å². The maximum absolute atomic E-state index is 13.2. The standard InChI is InChI=1S/C18H13F3N4OS/c1-11(26)23-13-2-4-14(5-3-13)27-16-10-15(18(19,20)21)24-17(25-16)12-6-8-22-9-7-12/h2-10H,1H3,(H,23,26). The quantitative estimate of drug-likeness (QED) is 0.656. The molecule has 0 aliphatic carbocycles. The Morgan fingerprint density at radius 2 is 1.70 bits per heavy atom.